The van der Waals surface area contributed by atoms with E-state index in [0.717, 1.165) is 89.6 Å². The maximum atomic E-state index is 6.76. The van der Waals surface area contributed by atoms with E-state index < -0.39 is 0 Å². The Morgan fingerprint density at radius 1 is 0.460 bits per heavy atom. The molecular weight excluding hydrogens is 615 g/mol. The van der Waals surface area contributed by atoms with Gasteiger partial charge in [0.1, 0.15) is 23.0 Å². The number of ether oxygens (including phenoxy) is 2. The quantitative estimate of drug-likeness (QED) is 0.179. The Kier molecular flexibility index (Phi) is 4.96. The van der Waals surface area contributed by atoms with Crippen LogP contribution in [-0.4, -0.2) is 25.2 Å². The molecule has 0 bridgehead atoms. The van der Waals surface area contributed by atoms with Gasteiger partial charge in [-0.2, -0.15) is 0 Å². The van der Waals surface area contributed by atoms with Gasteiger partial charge in [-0.1, -0.05) is 84.9 Å². The normalized spacial score (nSPS) is 13.1. The van der Waals surface area contributed by atoms with Gasteiger partial charge in [-0.25, -0.2) is 4.98 Å². The molecule has 0 radical (unpaired) electrons. The molecule has 0 fully saturated rings. The zero-order valence-corrected chi connectivity index (χ0v) is 26.6. The van der Waals surface area contributed by atoms with E-state index in [0.29, 0.717) is 0 Å². The number of fused-ring (bicyclic) bond motifs is 13. The minimum atomic E-state index is 0.00621. The van der Waals surface area contributed by atoms with Gasteiger partial charge in [0.25, 0.3) is 6.71 Å². The first-order chi connectivity index (χ1) is 24.8. The van der Waals surface area contributed by atoms with E-state index in [9.17, 15) is 0 Å². The van der Waals surface area contributed by atoms with E-state index in [2.05, 4.69) is 147 Å². The standard InChI is InChI=1S/C43H25BN4O2/c1-2-12-26(13-3-1)46-33-18-8-4-14-28(33)29-22-23-35-42(41(29)46)47(43-45-32-17-7-9-19-34(32)48(35)43)27-24-38-40-39(25-27)50-37-21-11-6-16-31(37)44(40)30-15-5-10-20-36(30)49-38/h1-25H. The highest BCUT2D eigenvalue weighted by Crippen LogP contribution is 2.42. The van der Waals surface area contributed by atoms with Crippen LogP contribution in [0.1, 0.15) is 0 Å². The zero-order valence-electron chi connectivity index (χ0n) is 26.6. The average molecular weight is 641 g/mol. The monoisotopic (exact) mass is 640 g/mol. The Hall–Kier alpha value is -6.73. The summed E-state index contributed by atoms with van der Waals surface area (Å²) in [6.45, 7) is 0.00621. The number of benzene rings is 7. The van der Waals surface area contributed by atoms with Crippen molar-refractivity contribution in [2.75, 3.05) is 0 Å². The van der Waals surface area contributed by atoms with Crippen molar-refractivity contribution in [3.05, 3.63) is 152 Å². The number of para-hydroxylation sites is 6. The molecule has 0 amide bonds. The SMILES string of the molecule is c1ccc(-n2c3ccccc3c3ccc4c(c32)n(-c2cc3c5c(c2)Oc2ccccc2B5c2ccccc2O3)c2nc3ccccc3n42)cc1. The van der Waals surface area contributed by atoms with Gasteiger partial charge in [0, 0.05) is 34.1 Å². The van der Waals surface area contributed by atoms with Crippen molar-refractivity contribution in [3.63, 3.8) is 0 Å². The summed E-state index contributed by atoms with van der Waals surface area (Å²) >= 11 is 0. The van der Waals surface area contributed by atoms with Gasteiger partial charge in [-0.05, 0) is 65.5 Å². The Labute approximate surface area is 286 Å². The molecule has 5 heterocycles. The van der Waals surface area contributed by atoms with Crippen molar-refractivity contribution in [2.24, 2.45) is 0 Å². The van der Waals surface area contributed by atoms with Gasteiger partial charge in [0.2, 0.25) is 5.78 Å². The number of nitrogens with zero attached hydrogens (tertiary/aromatic N) is 4. The molecule has 0 atom stereocenters. The van der Waals surface area contributed by atoms with E-state index in [4.69, 9.17) is 14.5 Å². The molecule has 12 rings (SSSR count). The average Bonchev–Trinajstić information content (AvgIpc) is 3.82. The largest absolute Gasteiger partial charge is 0.458 e. The summed E-state index contributed by atoms with van der Waals surface area (Å²) in [4.78, 5) is 5.30. The molecule has 7 aromatic carbocycles. The van der Waals surface area contributed by atoms with E-state index in [1.807, 2.05) is 18.2 Å². The molecule has 232 valence electrons. The zero-order chi connectivity index (χ0) is 32.5. The lowest BCUT2D eigenvalue weighted by Gasteiger charge is -2.33. The Bertz CT molecular complexity index is 2990. The van der Waals surface area contributed by atoms with Crippen LogP contribution in [0.2, 0.25) is 0 Å². The van der Waals surface area contributed by atoms with Crippen LogP contribution in [0.5, 0.6) is 23.0 Å². The second-order valence-corrected chi connectivity index (χ2v) is 13.2. The molecule has 0 N–H and O–H groups in total. The molecule has 7 heteroatoms. The number of hydrogen-bond donors (Lipinski definition) is 0. The molecule has 0 saturated heterocycles. The first-order valence-corrected chi connectivity index (χ1v) is 16.9. The first-order valence-electron chi connectivity index (χ1n) is 16.9. The van der Waals surface area contributed by atoms with Crippen molar-refractivity contribution >= 4 is 72.8 Å². The summed E-state index contributed by atoms with van der Waals surface area (Å²) in [5, 5.41) is 2.38. The van der Waals surface area contributed by atoms with Crippen LogP contribution >= 0.6 is 0 Å². The van der Waals surface area contributed by atoms with Gasteiger partial charge in [-0.15, -0.1) is 0 Å². The molecule has 0 aliphatic carbocycles. The van der Waals surface area contributed by atoms with Crippen LogP contribution in [0.25, 0.3) is 61.0 Å². The number of rotatable bonds is 2. The fourth-order valence-electron chi connectivity index (χ4n) is 8.53. The maximum Gasteiger partial charge on any atom is 0.260 e. The number of imidazole rings is 2. The van der Waals surface area contributed by atoms with Crippen LogP contribution in [0.3, 0.4) is 0 Å². The molecule has 0 spiro atoms. The Morgan fingerprint density at radius 2 is 1.10 bits per heavy atom. The van der Waals surface area contributed by atoms with Crippen LogP contribution < -0.4 is 25.9 Å². The van der Waals surface area contributed by atoms with Gasteiger partial charge >= 0.3 is 0 Å². The predicted molar refractivity (Wildman–Crippen MR) is 202 cm³/mol. The molecule has 10 aromatic rings. The van der Waals surface area contributed by atoms with E-state index in [-0.39, 0.29) is 6.71 Å². The summed E-state index contributed by atoms with van der Waals surface area (Å²) in [7, 11) is 0. The first kappa shape index (κ1) is 26.3. The lowest BCUT2D eigenvalue weighted by Crippen LogP contribution is -2.57. The summed E-state index contributed by atoms with van der Waals surface area (Å²) in [5.74, 6) is 4.15. The third-order valence-electron chi connectivity index (χ3n) is 10.5. The second kappa shape index (κ2) is 9.46. The molecule has 2 aliphatic heterocycles. The van der Waals surface area contributed by atoms with Crippen LogP contribution in [0, 0.1) is 0 Å². The van der Waals surface area contributed by atoms with Crippen molar-refractivity contribution in [1.82, 2.24) is 18.5 Å². The third-order valence-corrected chi connectivity index (χ3v) is 10.5. The van der Waals surface area contributed by atoms with Crippen LogP contribution in [0.15, 0.2) is 152 Å². The van der Waals surface area contributed by atoms with Crippen molar-refractivity contribution in [3.8, 4) is 34.4 Å². The molecule has 2 aliphatic rings. The van der Waals surface area contributed by atoms with E-state index in [1.54, 1.807) is 0 Å². The fourth-order valence-corrected chi connectivity index (χ4v) is 8.53. The van der Waals surface area contributed by atoms with Gasteiger partial charge in [0.05, 0.1) is 38.8 Å². The highest BCUT2D eigenvalue weighted by atomic mass is 16.5. The maximum absolute atomic E-state index is 6.76. The van der Waals surface area contributed by atoms with Gasteiger partial charge < -0.3 is 14.0 Å². The Balaban J connectivity index is 1.25. The van der Waals surface area contributed by atoms with Crippen molar-refractivity contribution in [2.45, 2.75) is 0 Å². The lowest BCUT2D eigenvalue weighted by atomic mass is 9.35. The van der Waals surface area contributed by atoms with E-state index >= 15 is 0 Å². The lowest BCUT2D eigenvalue weighted by molar-refractivity contribution is 0.464. The van der Waals surface area contributed by atoms with E-state index in [1.165, 1.54) is 10.8 Å². The van der Waals surface area contributed by atoms with Gasteiger partial charge in [-0.3, -0.25) is 8.97 Å². The molecular formula is C43H25BN4O2. The van der Waals surface area contributed by atoms with Crippen molar-refractivity contribution in [1.29, 1.82) is 0 Å². The highest BCUT2D eigenvalue weighted by Gasteiger charge is 2.40. The molecule has 50 heavy (non-hydrogen) atoms. The summed E-state index contributed by atoms with van der Waals surface area (Å²) in [6.07, 6.45) is 0. The van der Waals surface area contributed by atoms with Gasteiger partial charge in [0.15, 0.2) is 0 Å². The van der Waals surface area contributed by atoms with Crippen LogP contribution in [-0.2, 0) is 0 Å². The molecule has 6 nitrogen and oxygen atoms in total. The minimum absolute atomic E-state index is 0.00621. The number of aromatic nitrogens is 4. The molecule has 0 unspecified atom stereocenters. The number of hydrogen-bond acceptors (Lipinski definition) is 3. The predicted octanol–water partition coefficient (Wildman–Crippen LogP) is 8.26. The topological polar surface area (TPSA) is 45.6 Å². The summed E-state index contributed by atoms with van der Waals surface area (Å²) in [6, 6.07) is 53.2. The van der Waals surface area contributed by atoms with Crippen molar-refractivity contribution < 1.29 is 9.47 Å². The Morgan fingerprint density at radius 3 is 1.86 bits per heavy atom. The molecule has 0 saturated carbocycles. The highest BCUT2D eigenvalue weighted by molar-refractivity contribution is 6.98. The minimum Gasteiger partial charge on any atom is -0.458 e. The fraction of sp³-hybridized carbons (Fsp3) is 0. The second-order valence-electron chi connectivity index (χ2n) is 13.2. The smallest absolute Gasteiger partial charge is 0.260 e. The van der Waals surface area contributed by atoms with Crippen LogP contribution in [0.4, 0.5) is 0 Å². The third kappa shape index (κ3) is 3.31. The molecule has 3 aromatic heterocycles. The summed E-state index contributed by atoms with van der Waals surface area (Å²) < 4.78 is 20.5. The summed E-state index contributed by atoms with van der Waals surface area (Å²) in [5.41, 5.74) is 11.8.